The summed E-state index contributed by atoms with van der Waals surface area (Å²) in [5.41, 5.74) is 0.238. The van der Waals surface area contributed by atoms with Crippen LogP contribution in [-0.2, 0) is 66.7 Å². The summed E-state index contributed by atoms with van der Waals surface area (Å²) in [5.74, 6) is -25.3. The molecule has 0 atom stereocenters. The van der Waals surface area contributed by atoms with Crippen LogP contribution in [0.5, 0.6) is 0 Å². The maximum absolute atomic E-state index is 13.1. The zero-order chi connectivity index (χ0) is 48.6. The van der Waals surface area contributed by atoms with E-state index in [0.717, 1.165) is 0 Å². The van der Waals surface area contributed by atoms with E-state index < -0.39 is 130 Å². The highest BCUT2D eigenvalue weighted by atomic mass is 19.4. The lowest BCUT2D eigenvalue weighted by Crippen LogP contribution is -2.56. The molecule has 0 spiro atoms. The molecular weight excluding hydrogens is 903 g/mol. The van der Waals surface area contributed by atoms with Gasteiger partial charge in [-0.05, 0) is 65.2 Å². The van der Waals surface area contributed by atoms with Crippen LogP contribution in [-0.4, -0.2) is 130 Å². The molecular formula is C36H43F13O14. The smallest absolute Gasteiger partial charge is 0.460 e. The molecule has 362 valence electrons. The lowest BCUT2D eigenvalue weighted by molar-refractivity contribution is -0.348. The first-order valence-electron chi connectivity index (χ1n) is 18.4. The highest BCUT2D eigenvalue weighted by Gasteiger charge is 2.77. The number of ether oxygens (including phenoxy) is 8. The Morgan fingerprint density at radius 1 is 0.508 bits per heavy atom. The van der Waals surface area contributed by atoms with Crippen molar-refractivity contribution < 1.29 is 124 Å². The molecule has 0 bridgehead atoms. The SMILES string of the molecule is C=C(C)C(=O)OCC(=O)OC1CCC(OCCOC(=O)C(C(F)(F)F)C(F)(F)F)CC1.C=C(C)C(=O)OCC(=O)OC1CCC(OCCOC(=O)C(F)(F)C(F)(F)C(F)(F)F)CC1. The van der Waals surface area contributed by atoms with Gasteiger partial charge in [-0.1, -0.05) is 13.2 Å². The van der Waals surface area contributed by atoms with E-state index in [-0.39, 0.29) is 17.8 Å². The topological polar surface area (TPSA) is 176 Å². The van der Waals surface area contributed by atoms with E-state index in [4.69, 9.17) is 18.9 Å². The molecule has 63 heavy (non-hydrogen) atoms. The van der Waals surface area contributed by atoms with Gasteiger partial charge in [-0.2, -0.15) is 57.1 Å². The summed E-state index contributed by atoms with van der Waals surface area (Å²) in [6.07, 6.45) is -17.2. The summed E-state index contributed by atoms with van der Waals surface area (Å²) in [6, 6.07) is 0. The van der Waals surface area contributed by atoms with Crippen molar-refractivity contribution in [3.8, 4) is 0 Å². The summed E-state index contributed by atoms with van der Waals surface area (Å²) < 4.78 is 200. The Morgan fingerprint density at radius 2 is 0.841 bits per heavy atom. The predicted molar refractivity (Wildman–Crippen MR) is 181 cm³/mol. The summed E-state index contributed by atoms with van der Waals surface area (Å²) in [6.45, 7) is 5.72. The van der Waals surface area contributed by atoms with Crippen LogP contribution in [0.3, 0.4) is 0 Å². The standard InChI is InChI=1S/C18H21F7O7.C18H22F6O7/c1-10(2)14(27)31-9-13(26)32-12-5-3-11(4-6-12)29-7-8-30-15(28)16(19,20)17(21,22)18(23,24)25;1-10(2)15(26)30-9-13(25)31-12-5-3-11(4-6-12)28-7-8-29-16(27)14(17(19,20)21)18(22,23)24/h11-12H,1,3-9H2,2H3;11-12,14H,1,3-9H2,2H3. The molecule has 0 aromatic carbocycles. The van der Waals surface area contributed by atoms with Crippen LogP contribution in [0.15, 0.2) is 24.3 Å². The number of rotatable bonds is 19. The number of carbonyl (C=O) groups excluding carboxylic acids is 6. The highest BCUT2D eigenvalue weighted by Crippen LogP contribution is 2.47. The van der Waals surface area contributed by atoms with Crippen molar-refractivity contribution in [2.45, 2.75) is 120 Å². The van der Waals surface area contributed by atoms with Crippen molar-refractivity contribution in [1.29, 1.82) is 0 Å². The molecule has 0 aromatic rings. The highest BCUT2D eigenvalue weighted by molar-refractivity contribution is 5.89. The average molecular weight is 947 g/mol. The van der Waals surface area contributed by atoms with Crippen LogP contribution in [0.4, 0.5) is 57.1 Å². The second-order valence-corrected chi connectivity index (χ2v) is 13.7. The van der Waals surface area contributed by atoms with Gasteiger partial charge in [0.2, 0.25) is 5.92 Å². The maximum atomic E-state index is 13.1. The number of hydrogen-bond acceptors (Lipinski definition) is 14. The van der Waals surface area contributed by atoms with Crippen LogP contribution < -0.4 is 0 Å². The number of esters is 6. The van der Waals surface area contributed by atoms with E-state index in [1.54, 1.807) is 0 Å². The fourth-order valence-electron chi connectivity index (χ4n) is 5.21. The van der Waals surface area contributed by atoms with Gasteiger partial charge in [-0.3, -0.25) is 4.79 Å². The molecule has 0 N–H and O–H groups in total. The molecule has 2 aliphatic rings. The molecule has 2 aliphatic carbocycles. The maximum Gasteiger partial charge on any atom is 0.460 e. The Balaban J connectivity index is 0.000000630. The van der Waals surface area contributed by atoms with Crippen LogP contribution in [0.25, 0.3) is 0 Å². The van der Waals surface area contributed by atoms with Crippen LogP contribution >= 0.6 is 0 Å². The molecule has 0 unspecified atom stereocenters. The number of alkyl halides is 13. The summed E-state index contributed by atoms with van der Waals surface area (Å²) in [4.78, 5) is 67.8. The lowest BCUT2D eigenvalue weighted by Gasteiger charge is -2.28. The van der Waals surface area contributed by atoms with Crippen molar-refractivity contribution in [3.63, 3.8) is 0 Å². The molecule has 0 aromatic heterocycles. The monoisotopic (exact) mass is 946 g/mol. The fraction of sp³-hybridized carbons (Fsp3) is 0.722. The first-order valence-corrected chi connectivity index (χ1v) is 18.4. The van der Waals surface area contributed by atoms with Crippen LogP contribution in [0.2, 0.25) is 0 Å². The molecule has 0 heterocycles. The molecule has 0 aliphatic heterocycles. The second kappa shape index (κ2) is 24.4. The third-order valence-corrected chi connectivity index (χ3v) is 8.43. The van der Waals surface area contributed by atoms with E-state index in [1.807, 2.05) is 0 Å². The molecule has 0 amide bonds. The predicted octanol–water partition coefficient (Wildman–Crippen LogP) is 6.61. The number of hydrogen-bond donors (Lipinski definition) is 0. The van der Waals surface area contributed by atoms with Gasteiger partial charge in [-0.25, -0.2) is 24.0 Å². The van der Waals surface area contributed by atoms with Gasteiger partial charge in [-0.15, -0.1) is 0 Å². The first kappa shape index (κ1) is 56.3. The summed E-state index contributed by atoms with van der Waals surface area (Å²) >= 11 is 0. The summed E-state index contributed by atoms with van der Waals surface area (Å²) in [5, 5.41) is 0. The van der Waals surface area contributed by atoms with Crippen molar-refractivity contribution >= 4 is 35.8 Å². The third kappa shape index (κ3) is 19.3. The first-order chi connectivity index (χ1) is 28.8. The minimum Gasteiger partial charge on any atom is -0.463 e. The molecule has 0 saturated heterocycles. The minimum absolute atomic E-state index is 0.110. The van der Waals surface area contributed by atoms with Gasteiger partial charge in [0, 0.05) is 11.1 Å². The van der Waals surface area contributed by atoms with E-state index >= 15 is 0 Å². The zero-order valence-electron chi connectivity index (χ0n) is 33.3. The number of carbonyl (C=O) groups is 6. The fourth-order valence-corrected chi connectivity index (χ4v) is 5.21. The van der Waals surface area contributed by atoms with E-state index in [2.05, 4.69) is 32.1 Å². The lowest BCUT2D eigenvalue weighted by atomic mass is 9.95. The molecule has 2 rings (SSSR count). The average Bonchev–Trinajstić information content (AvgIpc) is 3.15. The van der Waals surface area contributed by atoms with E-state index in [0.29, 0.717) is 51.4 Å². The van der Waals surface area contributed by atoms with Gasteiger partial charge in [0.15, 0.2) is 13.2 Å². The Kier molecular flexibility index (Phi) is 21.8. The van der Waals surface area contributed by atoms with Crippen molar-refractivity contribution in [2.75, 3.05) is 39.6 Å². The Morgan fingerprint density at radius 3 is 1.16 bits per heavy atom. The molecule has 14 nitrogen and oxygen atoms in total. The Bertz CT molecular complexity index is 1560. The van der Waals surface area contributed by atoms with Crippen LogP contribution in [0.1, 0.15) is 65.2 Å². The van der Waals surface area contributed by atoms with Gasteiger partial charge in [0.25, 0.3) is 0 Å². The summed E-state index contributed by atoms with van der Waals surface area (Å²) in [7, 11) is 0. The minimum atomic E-state index is -6.64. The van der Waals surface area contributed by atoms with Gasteiger partial charge < -0.3 is 37.9 Å². The van der Waals surface area contributed by atoms with Gasteiger partial charge in [0.05, 0.1) is 25.4 Å². The zero-order valence-corrected chi connectivity index (χ0v) is 33.3. The van der Waals surface area contributed by atoms with E-state index in [9.17, 15) is 85.8 Å². The number of halogens is 13. The molecule has 0 radical (unpaired) electrons. The van der Waals surface area contributed by atoms with Crippen molar-refractivity contribution in [3.05, 3.63) is 24.3 Å². The van der Waals surface area contributed by atoms with Crippen molar-refractivity contribution in [1.82, 2.24) is 0 Å². The third-order valence-electron chi connectivity index (χ3n) is 8.43. The molecule has 2 fully saturated rings. The molecule has 27 heteroatoms. The normalized spacial score (nSPS) is 19.7. The Labute approximate surface area is 349 Å². The van der Waals surface area contributed by atoms with E-state index in [1.165, 1.54) is 13.8 Å². The van der Waals surface area contributed by atoms with Crippen molar-refractivity contribution in [2.24, 2.45) is 5.92 Å². The van der Waals surface area contributed by atoms with Gasteiger partial charge >= 0.3 is 66.2 Å². The largest absolute Gasteiger partial charge is 0.463 e. The Hall–Kier alpha value is -4.69. The molecule has 2 saturated carbocycles. The van der Waals surface area contributed by atoms with Gasteiger partial charge in [0.1, 0.15) is 25.4 Å². The van der Waals surface area contributed by atoms with Crippen LogP contribution in [0, 0.1) is 5.92 Å². The quantitative estimate of drug-likeness (QED) is 0.0444. The second-order valence-electron chi connectivity index (χ2n) is 13.7.